The molecule has 0 aromatic heterocycles. The predicted molar refractivity (Wildman–Crippen MR) is 68.6 cm³/mol. The van der Waals surface area contributed by atoms with Gasteiger partial charge in [-0.3, -0.25) is 0 Å². The van der Waals surface area contributed by atoms with E-state index in [9.17, 15) is 22.4 Å². The number of anilines is 1. The van der Waals surface area contributed by atoms with E-state index in [1.54, 1.807) is 0 Å². The number of urea groups is 1. The van der Waals surface area contributed by atoms with E-state index in [1.165, 1.54) is 12.1 Å². The second-order valence-electron chi connectivity index (χ2n) is 4.19. The van der Waals surface area contributed by atoms with Gasteiger partial charge in [0.1, 0.15) is 0 Å². The fraction of sp³-hybridized carbons (Fsp3) is 0.0714. The summed E-state index contributed by atoms with van der Waals surface area (Å²) in [6, 6.07) is 5.41. The van der Waals surface area contributed by atoms with E-state index < -0.39 is 29.3 Å². The monoisotopic (exact) mass is 298 g/mol. The van der Waals surface area contributed by atoms with Crippen molar-refractivity contribution in [2.75, 3.05) is 5.32 Å². The molecule has 21 heavy (non-hydrogen) atoms. The van der Waals surface area contributed by atoms with Crippen molar-refractivity contribution in [1.82, 2.24) is 5.32 Å². The number of amides is 2. The molecule has 2 amide bonds. The minimum Gasteiger partial charge on any atom is -0.334 e. The zero-order valence-electron chi connectivity index (χ0n) is 10.6. The van der Waals surface area contributed by atoms with E-state index in [0.717, 1.165) is 24.3 Å². The number of carbonyl (C=O) groups is 1. The van der Waals surface area contributed by atoms with E-state index in [1.807, 2.05) is 0 Å². The van der Waals surface area contributed by atoms with Crippen LogP contribution >= 0.6 is 0 Å². The predicted octanol–water partition coefficient (Wildman–Crippen LogP) is 3.56. The van der Waals surface area contributed by atoms with Gasteiger partial charge in [0.25, 0.3) is 0 Å². The molecule has 2 rings (SSSR count). The Bertz CT molecular complexity index is 676. The van der Waals surface area contributed by atoms with Crippen molar-refractivity contribution in [2.24, 2.45) is 0 Å². The van der Waals surface area contributed by atoms with Crippen LogP contribution in [0.25, 0.3) is 0 Å². The fourth-order valence-corrected chi connectivity index (χ4v) is 1.58. The number of carbonyl (C=O) groups excluding carboxylic acids is 1. The molecular formula is C14H10F4N2O. The molecule has 2 aromatic carbocycles. The first-order valence-corrected chi connectivity index (χ1v) is 5.89. The molecular weight excluding hydrogens is 288 g/mol. The quantitative estimate of drug-likeness (QED) is 0.836. The first-order chi connectivity index (χ1) is 9.95. The minimum absolute atomic E-state index is 0.0489. The molecule has 0 saturated heterocycles. The largest absolute Gasteiger partial charge is 0.334 e. The first-order valence-electron chi connectivity index (χ1n) is 5.89. The molecule has 0 aliphatic heterocycles. The number of hydrogen-bond donors (Lipinski definition) is 2. The first kappa shape index (κ1) is 14.8. The molecule has 0 bridgehead atoms. The van der Waals surface area contributed by atoms with Crippen LogP contribution in [0.4, 0.5) is 28.0 Å². The highest BCUT2D eigenvalue weighted by atomic mass is 19.2. The lowest BCUT2D eigenvalue weighted by Crippen LogP contribution is -2.28. The number of halogens is 4. The van der Waals surface area contributed by atoms with Gasteiger partial charge in [-0.2, -0.15) is 0 Å². The molecule has 0 saturated carbocycles. The Labute approximate surface area is 117 Å². The molecule has 0 aliphatic rings. The lowest BCUT2D eigenvalue weighted by Gasteiger charge is -2.08. The third-order valence-corrected chi connectivity index (χ3v) is 2.61. The highest BCUT2D eigenvalue weighted by Gasteiger charge is 2.07. The summed E-state index contributed by atoms with van der Waals surface area (Å²) in [6.07, 6.45) is 0. The van der Waals surface area contributed by atoms with Crippen LogP contribution in [0, 0.1) is 23.3 Å². The summed E-state index contributed by atoms with van der Waals surface area (Å²) in [5.41, 5.74) is 0.422. The van der Waals surface area contributed by atoms with Gasteiger partial charge in [0.2, 0.25) is 0 Å². The summed E-state index contributed by atoms with van der Waals surface area (Å²) in [4.78, 5) is 11.5. The van der Waals surface area contributed by atoms with Gasteiger partial charge in [-0.25, -0.2) is 22.4 Å². The molecule has 0 atom stereocenters. The molecule has 2 aromatic rings. The van der Waals surface area contributed by atoms with Gasteiger partial charge in [-0.05, 0) is 29.8 Å². The number of nitrogens with one attached hydrogen (secondary N) is 2. The molecule has 0 spiro atoms. The van der Waals surface area contributed by atoms with Gasteiger partial charge in [0, 0.05) is 18.3 Å². The van der Waals surface area contributed by atoms with E-state index in [4.69, 9.17) is 0 Å². The number of rotatable bonds is 3. The zero-order chi connectivity index (χ0) is 15.4. The van der Waals surface area contributed by atoms with Crippen molar-refractivity contribution in [3.63, 3.8) is 0 Å². The Morgan fingerprint density at radius 3 is 2.10 bits per heavy atom. The Hall–Kier alpha value is -2.57. The maximum absolute atomic E-state index is 13.0. The SMILES string of the molecule is O=C(NCc1ccc(F)c(F)c1)Nc1ccc(F)c(F)c1. The van der Waals surface area contributed by atoms with Gasteiger partial charge in [0.15, 0.2) is 23.3 Å². The maximum atomic E-state index is 13.0. The molecule has 0 aliphatic carbocycles. The second kappa shape index (κ2) is 6.25. The van der Waals surface area contributed by atoms with Gasteiger partial charge in [-0.15, -0.1) is 0 Å². The molecule has 110 valence electrons. The molecule has 0 unspecified atom stereocenters. The zero-order valence-corrected chi connectivity index (χ0v) is 10.6. The third kappa shape index (κ3) is 3.95. The molecule has 2 N–H and O–H groups in total. The average molecular weight is 298 g/mol. The molecule has 0 fully saturated rings. The van der Waals surface area contributed by atoms with Crippen LogP contribution < -0.4 is 10.6 Å². The van der Waals surface area contributed by atoms with Crippen LogP contribution in [-0.2, 0) is 6.54 Å². The van der Waals surface area contributed by atoms with E-state index in [-0.39, 0.29) is 12.2 Å². The van der Waals surface area contributed by atoms with Crippen LogP contribution in [0.3, 0.4) is 0 Å². The molecule has 3 nitrogen and oxygen atoms in total. The summed E-state index contributed by atoms with van der Waals surface area (Å²) in [7, 11) is 0. The molecule has 7 heteroatoms. The Kier molecular flexibility index (Phi) is 4.42. The molecule has 0 heterocycles. The Balaban J connectivity index is 1.92. The van der Waals surface area contributed by atoms with Gasteiger partial charge >= 0.3 is 6.03 Å². The van der Waals surface area contributed by atoms with Crippen LogP contribution in [0.15, 0.2) is 36.4 Å². The van der Waals surface area contributed by atoms with E-state index in [2.05, 4.69) is 10.6 Å². The summed E-state index contributed by atoms with van der Waals surface area (Å²) < 4.78 is 51.3. The summed E-state index contributed by atoms with van der Waals surface area (Å²) in [5.74, 6) is -4.11. The second-order valence-corrected chi connectivity index (χ2v) is 4.19. The van der Waals surface area contributed by atoms with Crippen molar-refractivity contribution >= 4 is 11.7 Å². The summed E-state index contributed by atoms with van der Waals surface area (Å²) >= 11 is 0. The van der Waals surface area contributed by atoms with Crippen LogP contribution in [0.1, 0.15) is 5.56 Å². The van der Waals surface area contributed by atoms with Gasteiger partial charge in [0.05, 0.1) is 0 Å². The lowest BCUT2D eigenvalue weighted by atomic mass is 10.2. The van der Waals surface area contributed by atoms with Gasteiger partial charge < -0.3 is 10.6 Å². The molecule has 0 radical (unpaired) electrons. The maximum Gasteiger partial charge on any atom is 0.319 e. The minimum atomic E-state index is -1.09. The topological polar surface area (TPSA) is 41.1 Å². The highest BCUT2D eigenvalue weighted by molar-refractivity contribution is 5.89. The third-order valence-electron chi connectivity index (χ3n) is 2.61. The fourth-order valence-electron chi connectivity index (χ4n) is 1.58. The Morgan fingerprint density at radius 1 is 0.857 bits per heavy atom. The van der Waals surface area contributed by atoms with Crippen LogP contribution in [-0.4, -0.2) is 6.03 Å². The van der Waals surface area contributed by atoms with Crippen molar-refractivity contribution in [2.45, 2.75) is 6.54 Å². The number of hydrogen-bond acceptors (Lipinski definition) is 1. The Morgan fingerprint density at radius 2 is 1.48 bits per heavy atom. The smallest absolute Gasteiger partial charge is 0.319 e. The summed E-state index contributed by atoms with van der Waals surface area (Å²) in [5, 5.41) is 4.65. The summed E-state index contributed by atoms with van der Waals surface area (Å²) in [6.45, 7) is -0.0489. The highest BCUT2D eigenvalue weighted by Crippen LogP contribution is 2.13. The van der Waals surface area contributed by atoms with Crippen molar-refractivity contribution in [1.29, 1.82) is 0 Å². The standard InChI is InChI=1S/C14H10F4N2O/c15-10-3-1-8(5-12(10)17)7-19-14(21)20-9-2-4-11(16)13(18)6-9/h1-6H,7H2,(H2,19,20,21). The van der Waals surface area contributed by atoms with Crippen molar-refractivity contribution in [3.8, 4) is 0 Å². The normalized spacial score (nSPS) is 10.3. The average Bonchev–Trinajstić information content (AvgIpc) is 2.44. The lowest BCUT2D eigenvalue weighted by molar-refractivity contribution is 0.251. The van der Waals surface area contributed by atoms with Crippen molar-refractivity contribution < 1.29 is 22.4 Å². The van der Waals surface area contributed by atoms with Gasteiger partial charge in [-0.1, -0.05) is 6.07 Å². The number of benzene rings is 2. The van der Waals surface area contributed by atoms with E-state index in [0.29, 0.717) is 5.56 Å². The van der Waals surface area contributed by atoms with Crippen molar-refractivity contribution in [3.05, 3.63) is 65.2 Å². The van der Waals surface area contributed by atoms with E-state index >= 15 is 0 Å². The van der Waals surface area contributed by atoms with Crippen LogP contribution in [0.2, 0.25) is 0 Å². The van der Waals surface area contributed by atoms with Crippen LogP contribution in [0.5, 0.6) is 0 Å².